The van der Waals surface area contributed by atoms with Gasteiger partial charge in [-0.15, -0.1) is 0 Å². The second-order valence-electron chi connectivity index (χ2n) is 7.63. The van der Waals surface area contributed by atoms with Crippen LogP contribution in [0.25, 0.3) is 11.1 Å². The van der Waals surface area contributed by atoms with Gasteiger partial charge in [0.15, 0.2) is 0 Å². The summed E-state index contributed by atoms with van der Waals surface area (Å²) in [4.78, 5) is 36.6. The van der Waals surface area contributed by atoms with Crippen LogP contribution in [0.5, 0.6) is 0 Å². The van der Waals surface area contributed by atoms with E-state index in [4.69, 9.17) is 9.84 Å². The summed E-state index contributed by atoms with van der Waals surface area (Å²) in [5.74, 6) is -2.48. The molecule has 0 radical (unpaired) electrons. The summed E-state index contributed by atoms with van der Waals surface area (Å²) in [5.41, 5.74) is 2.97. The number of likely N-dealkylation sites (tertiary alicyclic amines) is 1. The van der Waals surface area contributed by atoms with Crippen molar-refractivity contribution in [2.24, 2.45) is 5.41 Å². The van der Waals surface area contributed by atoms with Crippen LogP contribution in [0.2, 0.25) is 0 Å². The highest BCUT2D eigenvalue weighted by Crippen LogP contribution is 2.44. The van der Waals surface area contributed by atoms with Crippen molar-refractivity contribution in [2.75, 3.05) is 19.7 Å². The lowest BCUT2D eigenvalue weighted by molar-refractivity contribution is -0.154. The molecule has 1 heterocycles. The average Bonchev–Trinajstić information content (AvgIpc) is 3.26. The first kappa shape index (κ1) is 19.0. The van der Waals surface area contributed by atoms with Crippen molar-refractivity contribution in [3.05, 3.63) is 59.7 Å². The van der Waals surface area contributed by atoms with Gasteiger partial charge < -0.3 is 19.8 Å². The second-order valence-corrected chi connectivity index (χ2v) is 7.63. The summed E-state index contributed by atoms with van der Waals surface area (Å²) in [6.45, 7) is 0.143. The van der Waals surface area contributed by atoms with Crippen molar-refractivity contribution in [2.45, 2.75) is 18.8 Å². The van der Waals surface area contributed by atoms with Gasteiger partial charge in [-0.05, 0) is 28.7 Å². The van der Waals surface area contributed by atoms with Crippen LogP contribution in [-0.4, -0.2) is 52.8 Å². The maximum atomic E-state index is 12.6. The van der Waals surface area contributed by atoms with Crippen LogP contribution in [-0.2, 0) is 14.3 Å². The van der Waals surface area contributed by atoms with Gasteiger partial charge in [0.1, 0.15) is 6.61 Å². The molecule has 1 amide bonds. The number of carbonyl (C=O) groups excluding carboxylic acids is 1. The molecule has 2 aromatic rings. The lowest BCUT2D eigenvalue weighted by atomic mass is 9.84. The monoisotopic (exact) mass is 395 g/mol. The molecule has 0 aromatic heterocycles. The molecule has 29 heavy (non-hydrogen) atoms. The quantitative estimate of drug-likeness (QED) is 0.806. The Bertz CT molecular complexity index is 941. The predicted molar refractivity (Wildman–Crippen MR) is 104 cm³/mol. The lowest BCUT2D eigenvalue weighted by Gasteiger charge is -2.23. The summed E-state index contributed by atoms with van der Waals surface area (Å²) in [7, 11) is 0. The highest BCUT2D eigenvalue weighted by atomic mass is 16.6. The first-order valence-corrected chi connectivity index (χ1v) is 9.46. The van der Waals surface area contributed by atoms with E-state index in [2.05, 4.69) is 0 Å². The van der Waals surface area contributed by atoms with Crippen molar-refractivity contribution in [3.8, 4) is 11.1 Å². The number of aliphatic carboxylic acids is 2. The molecule has 1 saturated heterocycles. The molecule has 2 aliphatic rings. The fourth-order valence-electron chi connectivity index (χ4n) is 4.40. The molecule has 7 nitrogen and oxygen atoms in total. The third kappa shape index (κ3) is 3.33. The summed E-state index contributed by atoms with van der Waals surface area (Å²) < 4.78 is 5.55. The lowest BCUT2D eigenvalue weighted by Crippen LogP contribution is -2.39. The molecule has 7 heteroatoms. The minimum atomic E-state index is -1.46. The van der Waals surface area contributed by atoms with Gasteiger partial charge in [0.05, 0.1) is 11.8 Å². The van der Waals surface area contributed by atoms with Crippen LogP contribution in [0.15, 0.2) is 48.5 Å². The summed E-state index contributed by atoms with van der Waals surface area (Å²) in [6, 6.07) is 16.0. The topological polar surface area (TPSA) is 104 Å². The Morgan fingerprint density at radius 3 is 2.14 bits per heavy atom. The zero-order valence-corrected chi connectivity index (χ0v) is 15.7. The number of amides is 1. The van der Waals surface area contributed by atoms with Crippen LogP contribution in [0, 0.1) is 5.41 Å². The molecular weight excluding hydrogens is 374 g/mol. The van der Waals surface area contributed by atoms with E-state index < -0.39 is 29.9 Å². The number of rotatable bonds is 5. The van der Waals surface area contributed by atoms with Crippen molar-refractivity contribution >= 4 is 18.0 Å². The van der Waals surface area contributed by atoms with E-state index in [1.54, 1.807) is 0 Å². The van der Waals surface area contributed by atoms with Gasteiger partial charge in [-0.25, -0.2) is 4.79 Å². The molecule has 1 aliphatic heterocycles. The van der Waals surface area contributed by atoms with E-state index >= 15 is 0 Å². The van der Waals surface area contributed by atoms with Crippen LogP contribution < -0.4 is 0 Å². The van der Waals surface area contributed by atoms with Gasteiger partial charge in [-0.2, -0.15) is 0 Å². The first-order valence-electron chi connectivity index (χ1n) is 9.46. The van der Waals surface area contributed by atoms with E-state index in [-0.39, 0.29) is 32.0 Å². The number of carboxylic acid groups (broad SMARTS) is 2. The summed E-state index contributed by atoms with van der Waals surface area (Å²) in [5, 5.41) is 18.5. The number of ether oxygens (including phenoxy) is 1. The molecule has 1 fully saturated rings. The Kier molecular flexibility index (Phi) is 4.74. The van der Waals surface area contributed by atoms with E-state index in [0.717, 1.165) is 22.3 Å². The molecule has 150 valence electrons. The number of hydrogen-bond acceptors (Lipinski definition) is 4. The summed E-state index contributed by atoms with van der Waals surface area (Å²) in [6.07, 6.45) is -1.03. The normalized spacial score (nSPS) is 20.2. The molecule has 0 spiro atoms. The number of hydrogen-bond donors (Lipinski definition) is 2. The highest BCUT2D eigenvalue weighted by molar-refractivity contribution is 5.83. The smallest absolute Gasteiger partial charge is 0.409 e. The van der Waals surface area contributed by atoms with Crippen molar-refractivity contribution < 1.29 is 29.3 Å². The van der Waals surface area contributed by atoms with Gasteiger partial charge in [-0.3, -0.25) is 9.59 Å². The third-order valence-electron chi connectivity index (χ3n) is 5.89. The van der Waals surface area contributed by atoms with E-state index in [9.17, 15) is 19.5 Å². The van der Waals surface area contributed by atoms with Crippen molar-refractivity contribution in [3.63, 3.8) is 0 Å². The second kappa shape index (κ2) is 7.24. The molecule has 2 N–H and O–H groups in total. The molecular formula is C22H21NO6. The van der Waals surface area contributed by atoms with Gasteiger partial charge in [0.2, 0.25) is 0 Å². The number of benzene rings is 2. The van der Waals surface area contributed by atoms with E-state index in [0.29, 0.717) is 0 Å². The number of carbonyl (C=O) groups is 3. The Labute approximate surface area is 167 Å². The SMILES string of the molecule is O=C(O)CC1(C(=O)O)CCN(C(=O)OCC2c3ccccc3-c3ccccc32)C1. The van der Waals surface area contributed by atoms with Crippen LogP contribution in [0.4, 0.5) is 4.79 Å². The molecule has 4 rings (SSSR count). The minimum absolute atomic E-state index is 0.0859. The van der Waals surface area contributed by atoms with Gasteiger partial charge in [0.25, 0.3) is 0 Å². The van der Waals surface area contributed by atoms with Gasteiger partial charge in [-0.1, -0.05) is 48.5 Å². The fraction of sp³-hybridized carbons (Fsp3) is 0.318. The van der Waals surface area contributed by atoms with Crippen LogP contribution in [0.3, 0.4) is 0 Å². The van der Waals surface area contributed by atoms with E-state index in [1.807, 2.05) is 48.5 Å². The average molecular weight is 395 g/mol. The molecule has 2 aromatic carbocycles. The van der Waals surface area contributed by atoms with E-state index in [1.165, 1.54) is 4.90 Å². The standard InChI is InChI=1S/C22H21NO6/c24-19(25)11-22(20(26)27)9-10-23(13-22)21(28)29-12-18-16-7-3-1-5-14(16)15-6-2-4-8-17(15)18/h1-8,18H,9-13H2,(H,24,25)(H,26,27). The zero-order valence-electron chi connectivity index (χ0n) is 15.7. The third-order valence-corrected chi connectivity index (χ3v) is 5.89. The minimum Gasteiger partial charge on any atom is -0.481 e. The van der Waals surface area contributed by atoms with Crippen molar-refractivity contribution in [1.29, 1.82) is 0 Å². The van der Waals surface area contributed by atoms with Gasteiger partial charge >= 0.3 is 18.0 Å². The molecule has 0 saturated carbocycles. The van der Waals surface area contributed by atoms with Crippen LogP contribution >= 0.6 is 0 Å². The summed E-state index contributed by atoms with van der Waals surface area (Å²) >= 11 is 0. The Morgan fingerprint density at radius 2 is 1.59 bits per heavy atom. The molecule has 1 atom stereocenters. The fourth-order valence-corrected chi connectivity index (χ4v) is 4.40. The number of fused-ring (bicyclic) bond motifs is 3. The Hall–Kier alpha value is -3.35. The largest absolute Gasteiger partial charge is 0.481 e. The molecule has 1 aliphatic carbocycles. The number of carboxylic acids is 2. The predicted octanol–water partition coefficient (Wildman–Crippen LogP) is 3.19. The van der Waals surface area contributed by atoms with Gasteiger partial charge in [0, 0.05) is 19.0 Å². The van der Waals surface area contributed by atoms with Crippen LogP contribution in [0.1, 0.15) is 29.9 Å². The maximum Gasteiger partial charge on any atom is 0.409 e. The maximum absolute atomic E-state index is 12.6. The molecule has 0 bridgehead atoms. The highest BCUT2D eigenvalue weighted by Gasteiger charge is 2.48. The van der Waals surface area contributed by atoms with Crippen molar-refractivity contribution in [1.82, 2.24) is 4.90 Å². The molecule has 1 unspecified atom stereocenters. The Balaban J connectivity index is 1.47. The first-order chi connectivity index (χ1) is 13.9. The number of nitrogens with zero attached hydrogens (tertiary/aromatic N) is 1. The zero-order chi connectivity index (χ0) is 20.6. The Morgan fingerprint density at radius 1 is 1.00 bits per heavy atom.